The molecule has 0 aliphatic heterocycles. The van der Waals surface area contributed by atoms with E-state index in [2.05, 4.69) is 21.6 Å². The Balaban J connectivity index is 1.45. The van der Waals surface area contributed by atoms with Crippen molar-refractivity contribution in [2.75, 3.05) is 6.54 Å². The Morgan fingerprint density at radius 3 is 2.81 bits per heavy atom. The molecule has 1 N–H and O–H groups in total. The first kappa shape index (κ1) is 16.5. The molecule has 1 amide bonds. The first-order chi connectivity index (χ1) is 12.8. The molecule has 0 atom stereocenters. The smallest absolute Gasteiger partial charge is 0.251 e. The molecule has 2 aromatic heterocycles. The number of benzene rings is 1. The molecule has 1 aliphatic rings. The first-order valence-electron chi connectivity index (χ1n) is 9.17. The average Bonchev–Trinajstić information content (AvgIpc) is 3.12. The Labute approximate surface area is 152 Å². The largest absolute Gasteiger partial charge is 0.352 e. The van der Waals surface area contributed by atoms with Crippen molar-refractivity contribution in [3.05, 3.63) is 65.9 Å². The number of hydrogen-bond donors (Lipinski definition) is 1. The molecule has 5 heteroatoms. The molecule has 132 valence electrons. The maximum Gasteiger partial charge on any atom is 0.251 e. The number of rotatable bonds is 5. The topological polar surface area (TPSA) is 59.3 Å². The van der Waals surface area contributed by atoms with E-state index in [4.69, 9.17) is 0 Å². The number of nitrogens with zero attached hydrogens (tertiary/aromatic N) is 3. The molecule has 0 radical (unpaired) electrons. The van der Waals surface area contributed by atoms with Crippen molar-refractivity contribution in [2.24, 2.45) is 0 Å². The van der Waals surface area contributed by atoms with Crippen LogP contribution in [0, 0.1) is 0 Å². The van der Waals surface area contributed by atoms with Gasteiger partial charge in [-0.1, -0.05) is 42.0 Å². The summed E-state index contributed by atoms with van der Waals surface area (Å²) < 4.78 is 1.90. The zero-order valence-electron chi connectivity index (χ0n) is 14.7. The Morgan fingerprint density at radius 1 is 1.12 bits per heavy atom. The summed E-state index contributed by atoms with van der Waals surface area (Å²) in [4.78, 5) is 12.4. The van der Waals surface area contributed by atoms with Gasteiger partial charge < -0.3 is 5.32 Å². The van der Waals surface area contributed by atoms with Crippen molar-refractivity contribution >= 4 is 11.6 Å². The van der Waals surface area contributed by atoms with E-state index < -0.39 is 0 Å². The summed E-state index contributed by atoms with van der Waals surface area (Å²) in [5.74, 6) is 0.713. The zero-order chi connectivity index (χ0) is 17.8. The van der Waals surface area contributed by atoms with Gasteiger partial charge in [0, 0.05) is 23.9 Å². The van der Waals surface area contributed by atoms with E-state index >= 15 is 0 Å². The van der Waals surface area contributed by atoms with Crippen LogP contribution in [-0.4, -0.2) is 27.0 Å². The lowest BCUT2D eigenvalue weighted by atomic mass is 9.97. The zero-order valence-corrected chi connectivity index (χ0v) is 14.7. The van der Waals surface area contributed by atoms with Gasteiger partial charge in [-0.05, 0) is 44.2 Å². The lowest BCUT2D eigenvalue weighted by molar-refractivity contribution is 0.0954. The molecule has 26 heavy (non-hydrogen) atoms. The maximum atomic E-state index is 12.4. The van der Waals surface area contributed by atoms with Crippen LogP contribution in [0.1, 0.15) is 42.5 Å². The first-order valence-corrected chi connectivity index (χ1v) is 9.17. The summed E-state index contributed by atoms with van der Waals surface area (Å²) in [6, 6.07) is 13.5. The highest BCUT2D eigenvalue weighted by Crippen LogP contribution is 2.20. The molecule has 1 aromatic carbocycles. The van der Waals surface area contributed by atoms with E-state index in [1.807, 2.05) is 47.0 Å². The minimum Gasteiger partial charge on any atom is -0.352 e. The van der Waals surface area contributed by atoms with E-state index in [-0.39, 0.29) is 5.91 Å². The summed E-state index contributed by atoms with van der Waals surface area (Å²) >= 11 is 0. The normalized spacial score (nSPS) is 14.2. The molecular weight excluding hydrogens is 324 g/mol. The number of hydrogen-bond acceptors (Lipinski definition) is 3. The molecule has 4 rings (SSSR count). The fourth-order valence-electron chi connectivity index (χ4n) is 3.39. The molecule has 0 saturated heterocycles. The van der Waals surface area contributed by atoms with Gasteiger partial charge in [0.15, 0.2) is 11.5 Å². The Morgan fingerprint density at radius 2 is 2.00 bits per heavy atom. The van der Waals surface area contributed by atoms with E-state index in [0.29, 0.717) is 17.8 Å². The molecule has 0 bridgehead atoms. The highest BCUT2D eigenvalue weighted by atomic mass is 16.1. The number of carbonyl (C=O) groups is 1. The van der Waals surface area contributed by atoms with Crippen LogP contribution in [0.3, 0.4) is 0 Å². The number of pyridine rings is 1. The van der Waals surface area contributed by atoms with E-state index in [9.17, 15) is 4.79 Å². The molecule has 2 heterocycles. The number of nitrogens with one attached hydrogen (secondary N) is 1. The highest BCUT2D eigenvalue weighted by molar-refractivity contribution is 5.95. The van der Waals surface area contributed by atoms with Crippen molar-refractivity contribution in [3.63, 3.8) is 0 Å². The van der Waals surface area contributed by atoms with E-state index in [0.717, 1.165) is 17.8 Å². The molecule has 0 fully saturated rings. The number of carbonyl (C=O) groups excluding carboxylic acids is 1. The molecular formula is C21H22N4O. The Hall–Kier alpha value is -2.95. The molecule has 5 nitrogen and oxygen atoms in total. The van der Waals surface area contributed by atoms with Crippen molar-refractivity contribution in [3.8, 4) is 11.4 Å². The van der Waals surface area contributed by atoms with Crippen molar-refractivity contribution in [1.82, 2.24) is 19.9 Å². The van der Waals surface area contributed by atoms with Gasteiger partial charge in [-0.25, -0.2) is 0 Å². The third kappa shape index (κ3) is 3.52. The summed E-state index contributed by atoms with van der Waals surface area (Å²) in [5.41, 5.74) is 3.75. The summed E-state index contributed by atoms with van der Waals surface area (Å²) in [6.45, 7) is 0.678. The quantitative estimate of drug-likeness (QED) is 0.710. The van der Waals surface area contributed by atoms with Gasteiger partial charge in [-0.15, -0.1) is 10.2 Å². The lowest BCUT2D eigenvalue weighted by Crippen LogP contribution is -2.25. The molecule has 0 saturated carbocycles. The number of aromatic nitrogens is 3. The second-order valence-electron chi connectivity index (χ2n) is 6.65. The van der Waals surface area contributed by atoms with Gasteiger partial charge >= 0.3 is 0 Å². The minimum atomic E-state index is -0.0619. The van der Waals surface area contributed by atoms with Gasteiger partial charge in [-0.2, -0.15) is 0 Å². The lowest BCUT2D eigenvalue weighted by Gasteiger charge is -2.13. The third-order valence-electron chi connectivity index (χ3n) is 4.82. The van der Waals surface area contributed by atoms with Crippen LogP contribution in [0.15, 0.2) is 60.3 Å². The van der Waals surface area contributed by atoms with Crippen LogP contribution in [0.4, 0.5) is 0 Å². The van der Waals surface area contributed by atoms with Gasteiger partial charge in [0.1, 0.15) is 0 Å². The van der Waals surface area contributed by atoms with Crippen molar-refractivity contribution in [2.45, 2.75) is 32.1 Å². The van der Waals surface area contributed by atoms with Crippen molar-refractivity contribution in [1.29, 1.82) is 0 Å². The number of allylic oxidation sites excluding steroid dienone is 1. The minimum absolute atomic E-state index is 0.0619. The molecule has 0 spiro atoms. The summed E-state index contributed by atoms with van der Waals surface area (Å²) in [6.07, 6.45) is 10.0. The van der Waals surface area contributed by atoms with Crippen LogP contribution >= 0.6 is 0 Å². The van der Waals surface area contributed by atoms with Crippen LogP contribution < -0.4 is 5.32 Å². The molecule has 3 aromatic rings. The van der Waals surface area contributed by atoms with E-state index in [1.165, 1.54) is 31.3 Å². The molecule has 0 unspecified atom stereocenters. The van der Waals surface area contributed by atoms with Gasteiger partial charge in [0.05, 0.1) is 0 Å². The SMILES string of the molecule is O=C(NCCC1=CCCCC1)c1ccn2c(-c3ccccc3)nnc2c1. The van der Waals surface area contributed by atoms with Gasteiger partial charge in [-0.3, -0.25) is 9.20 Å². The van der Waals surface area contributed by atoms with Gasteiger partial charge in [0.2, 0.25) is 0 Å². The second kappa shape index (κ2) is 7.52. The summed E-state index contributed by atoms with van der Waals surface area (Å²) in [7, 11) is 0. The number of amides is 1. The average molecular weight is 346 g/mol. The maximum absolute atomic E-state index is 12.4. The predicted molar refractivity (Wildman–Crippen MR) is 102 cm³/mol. The summed E-state index contributed by atoms with van der Waals surface area (Å²) in [5, 5.41) is 11.5. The predicted octanol–water partition coefficient (Wildman–Crippen LogP) is 4.02. The highest BCUT2D eigenvalue weighted by Gasteiger charge is 2.12. The van der Waals surface area contributed by atoms with Crippen molar-refractivity contribution < 1.29 is 4.79 Å². The Kier molecular flexibility index (Phi) is 4.78. The van der Waals surface area contributed by atoms with Crippen LogP contribution in [-0.2, 0) is 0 Å². The number of fused-ring (bicyclic) bond motifs is 1. The standard InChI is InChI=1S/C21H22N4O/c26-21(22-13-11-16-7-3-1-4-8-16)18-12-14-25-19(15-18)23-24-20(25)17-9-5-2-6-10-17/h2,5-7,9-10,12,14-15H,1,3-4,8,11,13H2,(H,22,26). The third-order valence-corrected chi connectivity index (χ3v) is 4.82. The Bertz CT molecular complexity index is 943. The van der Waals surface area contributed by atoms with Crippen LogP contribution in [0.2, 0.25) is 0 Å². The van der Waals surface area contributed by atoms with E-state index in [1.54, 1.807) is 6.07 Å². The van der Waals surface area contributed by atoms with Crippen LogP contribution in [0.25, 0.3) is 17.0 Å². The fourth-order valence-corrected chi connectivity index (χ4v) is 3.39. The van der Waals surface area contributed by atoms with Crippen LogP contribution in [0.5, 0.6) is 0 Å². The van der Waals surface area contributed by atoms with Gasteiger partial charge in [0.25, 0.3) is 5.91 Å². The fraction of sp³-hybridized carbons (Fsp3) is 0.286. The monoisotopic (exact) mass is 346 g/mol. The second-order valence-corrected chi connectivity index (χ2v) is 6.65. The molecule has 1 aliphatic carbocycles.